The molecule has 142 valence electrons. The number of allylic oxidation sites excluding steroid dienone is 2. The van der Waals surface area contributed by atoms with E-state index in [4.69, 9.17) is 10.00 Å². The summed E-state index contributed by atoms with van der Waals surface area (Å²) < 4.78 is 5.14. The topological polar surface area (TPSA) is 99.5 Å². The normalized spacial score (nSPS) is 13.1. The van der Waals surface area contributed by atoms with Crippen LogP contribution < -0.4 is 5.32 Å². The third-order valence-corrected chi connectivity index (χ3v) is 4.20. The van der Waals surface area contributed by atoms with E-state index in [-0.39, 0.29) is 24.5 Å². The highest BCUT2D eigenvalue weighted by Crippen LogP contribution is 2.21. The lowest BCUT2D eigenvalue weighted by Gasteiger charge is -2.26. The Hall–Kier alpha value is -3.14. The fourth-order valence-electron chi connectivity index (χ4n) is 2.86. The molecule has 0 heterocycles. The molecule has 1 aromatic rings. The number of anilines is 1. The van der Waals surface area contributed by atoms with E-state index in [1.807, 2.05) is 6.92 Å². The molecule has 1 N–H and O–H groups in total. The van der Waals surface area contributed by atoms with Gasteiger partial charge in [0.25, 0.3) is 5.91 Å². The number of carbonyl (C=O) groups is 3. The average molecular weight is 369 g/mol. The number of likely N-dealkylation sites (N-methyl/N-ethyl adjacent to an activating group) is 1. The number of nitrogens with zero attached hydrogens (tertiary/aromatic N) is 2. The van der Waals surface area contributed by atoms with Crippen LogP contribution in [-0.4, -0.2) is 35.8 Å². The van der Waals surface area contributed by atoms with Gasteiger partial charge in [-0.15, -0.1) is 0 Å². The Kier molecular flexibility index (Phi) is 7.56. The summed E-state index contributed by atoms with van der Waals surface area (Å²) in [6, 6.07) is 7.83. The van der Waals surface area contributed by atoms with Crippen LogP contribution >= 0.6 is 0 Å². The van der Waals surface area contributed by atoms with Gasteiger partial charge in [-0.05, 0) is 56.9 Å². The molecule has 0 saturated carbocycles. The van der Waals surface area contributed by atoms with Crippen molar-refractivity contribution in [3.8, 4) is 6.07 Å². The van der Waals surface area contributed by atoms with Gasteiger partial charge in [0.15, 0.2) is 6.61 Å². The minimum absolute atomic E-state index is 0.237. The van der Waals surface area contributed by atoms with Crippen molar-refractivity contribution in [3.05, 3.63) is 41.6 Å². The third-order valence-electron chi connectivity index (χ3n) is 4.20. The molecule has 0 unspecified atom stereocenters. The standard InChI is InChI=1S/C20H23N3O4/c1-2-23(17-6-4-3-5-7-17)19(25)14-27-20(26)15-8-10-16(11-9-15)22-18(24)12-13-21/h6,8-11H,2-5,7,12,14H2,1H3,(H,22,24). The van der Waals surface area contributed by atoms with Gasteiger partial charge >= 0.3 is 5.97 Å². The largest absolute Gasteiger partial charge is 0.452 e. The predicted molar refractivity (Wildman–Crippen MR) is 99.5 cm³/mol. The van der Waals surface area contributed by atoms with Crippen molar-refractivity contribution >= 4 is 23.5 Å². The summed E-state index contributed by atoms with van der Waals surface area (Å²) in [6.45, 7) is 2.12. The number of rotatable bonds is 7. The first-order chi connectivity index (χ1) is 13.0. The highest BCUT2D eigenvalue weighted by molar-refractivity contribution is 5.94. The molecule has 0 spiro atoms. The minimum Gasteiger partial charge on any atom is -0.452 e. The first-order valence-corrected chi connectivity index (χ1v) is 8.98. The van der Waals surface area contributed by atoms with Gasteiger partial charge < -0.3 is 15.0 Å². The maximum absolute atomic E-state index is 12.4. The first-order valence-electron chi connectivity index (χ1n) is 8.98. The second-order valence-electron chi connectivity index (χ2n) is 6.12. The summed E-state index contributed by atoms with van der Waals surface area (Å²) in [7, 11) is 0. The summed E-state index contributed by atoms with van der Waals surface area (Å²) >= 11 is 0. The predicted octanol–water partition coefficient (Wildman–Crippen LogP) is 3.00. The van der Waals surface area contributed by atoms with Crippen molar-refractivity contribution < 1.29 is 19.1 Å². The van der Waals surface area contributed by atoms with Crippen molar-refractivity contribution in [2.75, 3.05) is 18.5 Å². The molecule has 0 fully saturated rings. The highest BCUT2D eigenvalue weighted by atomic mass is 16.5. The van der Waals surface area contributed by atoms with Crippen molar-refractivity contribution in [1.82, 2.24) is 4.90 Å². The Labute approximate surface area is 158 Å². The number of hydrogen-bond acceptors (Lipinski definition) is 5. The van der Waals surface area contributed by atoms with Crippen LogP contribution in [0.15, 0.2) is 36.0 Å². The summed E-state index contributed by atoms with van der Waals surface area (Å²) in [6.07, 6.45) is 5.87. The maximum atomic E-state index is 12.4. The molecule has 0 atom stereocenters. The lowest BCUT2D eigenvalue weighted by Crippen LogP contribution is -2.34. The van der Waals surface area contributed by atoms with E-state index < -0.39 is 11.9 Å². The minimum atomic E-state index is -0.605. The second-order valence-corrected chi connectivity index (χ2v) is 6.12. The van der Waals surface area contributed by atoms with Gasteiger partial charge in [0, 0.05) is 17.9 Å². The molecule has 0 saturated heterocycles. The molecule has 0 radical (unpaired) electrons. The summed E-state index contributed by atoms with van der Waals surface area (Å²) in [5.74, 6) is -1.26. The number of esters is 1. The fraction of sp³-hybridized carbons (Fsp3) is 0.400. The van der Waals surface area contributed by atoms with Crippen LogP contribution in [0.3, 0.4) is 0 Å². The first kappa shape index (κ1) is 20.2. The Balaban J connectivity index is 1.89. The Morgan fingerprint density at radius 3 is 2.56 bits per heavy atom. The lowest BCUT2D eigenvalue weighted by atomic mass is 10.0. The van der Waals surface area contributed by atoms with Crippen LogP contribution in [0.5, 0.6) is 0 Å². The number of nitrogens with one attached hydrogen (secondary N) is 1. The smallest absolute Gasteiger partial charge is 0.338 e. The van der Waals surface area contributed by atoms with Crippen LogP contribution in [0, 0.1) is 11.3 Å². The van der Waals surface area contributed by atoms with Crippen molar-refractivity contribution in [1.29, 1.82) is 5.26 Å². The molecule has 1 aliphatic carbocycles. The summed E-state index contributed by atoms with van der Waals surface area (Å²) in [5.41, 5.74) is 1.76. The van der Waals surface area contributed by atoms with Crippen LogP contribution in [-0.2, 0) is 14.3 Å². The molecule has 0 bridgehead atoms. The molecular weight excluding hydrogens is 346 g/mol. The Bertz CT molecular complexity index is 762. The van der Waals surface area contributed by atoms with Crippen molar-refractivity contribution in [3.63, 3.8) is 0 Å². The molecule has 0 aliphatic heterocycles. The number of hydrogen-bond donors (Lipinski definition) is 1. The van der Waals surface area contributed by atoms with Gasteiger partial charge in [0.1, 0.15) is 6.42 Å². The molecule has 1 aliphatic rings. The number of nitriles is 1. The monoisotopic (exact) mass is 369 g/mol. The van der Waals surface area contributed by atoms with Crippen molar-refractivity contribution in [2.24, 2.45) is 0 Å². The van der Waals surface area contributed by atoms with Crippen molar-refractivity contribution in [2.45, 2.75) is 39.0 Å². The number of ether oxygens (including phenoxy) is 1. The molecule has 7 nitrogen and oxygen atoms in total. The molecule has 2 amide bonds. The number of carbonyl (C=O) groups excluding carboxylic acids is 3. The quantitative estimate of drug-likeness (QED) is 0.745. The van der Waals surface area contributed by atoms with Gasteiger partial charge in [-0.25, -0.2) is 4.79 Å². The Morgan fingerprint density at radius 2 is 1.96 bits per heavy atom. The van der Waals surface area contributed by atoms with E-state index in [1.54, 1.807) is 23.1 Å². The summed E-state index contributed by atoms with van der Waals surface area (Å²) in [5, 5.41) is 11.0. The Morgan fingerprint density at radius 1 is 1.22 bits per heavy atom. The van der Waals surface area contributed by atoms with Crippen LogP contribution in [0.25, 0.3) is 0 Å². The zero-order chi connectivity index (χ0) is 19.6. The van der Waals surface area contributed by atoms with Gasteiger partial charge in [-0.2, -0.15) is 5.26 Å². The van der Waals surface area contributed by atoms with E-state index in [9.17, 15) is 14.4 Å². The van der Waals surface area contributed by atoms with Gasteiger partial charge in [-0.1, -0.05) is 6.08 Å². The van der Waals surface area contributed by atoms with Gasteiger partial charge in [0.2, 0.25) is 5.91 Å². The number of amides is 2. The molecule has 27 heavy (non-hydrogen) atoms. The second kappa shape index (κ2) is 10.1. The molecule has 7 heteroatoms. The summed E-state index contributed by atoms with van der Waals surface area (Å²) in [4.78, 5) is 37.5. The van der Waals surface area contributed by atoms with E-state index in [0.29, 0.717) is 12.2 Å². The van der Waals surface area contributed by atoms with E-state index in [1.165, 1.54) is 12.1 Å². The van der Waals surface area contributed by atoms with Gasteiger partial charge in [-0.3, -0.25) is 9.59 Å². The number of benzene rings is 1. The third kappa shape index (κ3) is 5.96. The van der Waals surface area contributed by atoms with Crippen LogP contribution in [0.2, 0.25) is 0 Å². The lowest BCUT2D eigenvalue weighted by molar-refractivity contribution is -0.132. The van der Waals surface area contributed by atoms with E-state index >= 15 is 0 Å². The molecule has 1 aromatic carbocycles. The van der Waals surface area contributed by atoms with E-state index in [2.05, 4.69) is 11.4 Å². The average Bonchev–Trinajstić information content (AvgIpc) is 2.68. The molecule has 2 rings (SSSR count). The zero-order valence-corrected chi connectivity index (χ0v) is 15.4. The SMILES string of the molecule is CCN(C(=O)COC(=O)c1ccc(NC(=O)CC#N)cc1)C1=CCCCC1. The van der Waals surface area contributed by atoms with Gasteiger partial charge in [0.05, 0.1) is 11.6 Å². The van der Waals surface area contributed by atoms with Crippen LogP contribution in [0.4, 0.5) is 5.69 Å². The van der Waals surface area contributed by atoms with E-state index in [0.717, 1.165) is 31.4 Å². The highest BCUT2D eigenvalue weighted by Gasteiger charge is 2.19. The maximum Gasteiger partial charge on any atom is 0.338 e. The zero-order valence-electron chi connectivity index (χ0n) is 15.4. The van der Waals surface area contributed by atoms with Crippen LogP contribution in [0.1, 0.15) is 49.4 Å². The fourth-order valence-corrected chi connectivity index (χ4v) is 2.86. The molecular formula is C20H23N3O4. The molecule has 0 aromatic heterocycles.